The Hall–Kier alpha value is -4.19. The fourth-order valence-corrected chi connectivity index (χ4v) is 3.41. The van der Waals surface area contributed by atoms with Gasteiger partial charge >= 0.3 is 5.63 Å². The molecule has 1 amide bonds. The van der Waals surface area contributed by atoms with E-state index in [0.29, 0.717) is 28.1 Å². The largest absolute Gasteiger partial charge is 0.489 e. The lowest BCUT2D eigenvalue weighted by molar-refractivity contribution is 0.101. The van der Waals surface area contributed by atoms with E-state index >= 15 is 0 Å². The number of carbonyl (C=O) groups excluding carboxylic acids is 2. The van der Waals surface area contributed by atoms with E-state index in [0.717, 1.165) is 16.5 Å². The third-order valence-electron chi connectivity index (χ3n) is 5.10. The molecule has 32 heavy (non-hydrogen) atoms. The average Bonchev–Trinajstić information content (AvgIpc) is 2.78. The van der Waals surface area contributed by atoms with Gasteiger partial charge in [-0.3, -0.25) is 9.59 Å². The summed E-state index contributed by atoms with van der Waals surface area (Å²) in [6.45, 7) is 3.61. The van der Waals surface area contributed by atoms with Crippen LogP contribution >= 0.6 is 0 Å². The van der Waals surface area contributed by atoms with Gasteiger partial charge in [-0.2, -0.15) is 0 Å². The monoisotopic (exact) mass is 427 g/mol. The fourth-order valence-electron chi connectivity index (χ4n) is 3.41. The molecule has 0 saturated heterocycles. The van der Waals surface area contributed by atoms with E-state index in [4.69, 9.17) is 9.15 Å². The molecule has 0 fully saturated rings. The number of Topliss-reactive ketones (excluding diaryl/α,β-unsaturated/α-hetero) is 1. The number of ketones is 1. The molecule has 1 N–H and O–H groups in total. The van der Waals surface area contributed by atoms with Gasteiger partial charge in [-0.25, -0.2) is 4.79 Å². The van der Waals surface area contributed by atoms with E-state index in [1.54, 1.807) is 54.6 Å². The number of aryl methyl sites for hydroxylation is 1. The van der Waals surface area contributed by atoms with E-state index in [2.05, 4.69) is 5.32 Å². The molecule has 0 atom stereocenters. The molecule has 6 nitrogen and oxygen atoms in total. The van der Waals surface area contributed by atoms with Gasteiger partial charge in [0.2, 0.25) is 0 Å². The maximum Gasteiger partial charge on any atom is 0.336 e. The van der Waals surface area contributed by atoms with Crippen LogP contribution in [0, 0.1) is 6.92 Å². The van der Waals surface area contributed by atoms with Gasteiger partial charge in [-0.15, -0.1) is 0 Å². The Morgan fingerprint density at radius 2 is 1.72 bits per heavy atom. The number of amides is 1. The van der Waals surface area contributed by atoms with Crippen LogP contribution in [0.3, 0.4) is 0 Å². The molecule has 1 heterocycles. The summed E-state index contributed by atoms with van der Waals surface area (Å²) in [6.07, 6.45) is 0. The van der Waals surface area contributed by atoms with Crippen molar-refractivity contribution in [3.63, 3.8) is 0 Å². The smallest absolute Gasteiger partial charge is 0.336 e. The Morgan fingerprint density at radius 1 is 0.969 bits per heavy atom. The van der Waals surface area contributed by atoms with Crippen LogP contribution in [0.15, 0.2) is 82.0 Å². The molecule has 0 spiro atoms. The zero-order chi connectivity index (χ0) is 22.7. The molecule has 6 heteroatoms. The predicted molar refractivity (Wildman–Crippen MR) is 122 cm³/mol. The zero-order valence-corrected chi connectivity index (χ0v) is 17.7. The summed E-state index contributed by atoms with van der Waals surface area (Å²) in [5, 5.41) is 3.64. The molecule has 3 aromatic carbocycles. The molecule has 160 valence electrons. The van der Waals surface area contributed by atoms with Crippen molar-refractivity contribution in [3.8, 4) is 5.75 Å². The third kappa shape index (κ3) is 4.59. The first-order valence-corrected chi connectivity index (χ1v) is 10.1. The van der Waals surface area contributed by atoms with Crippen molar-refractivity contribution in [2.24, 2.45) is 0 Å². The predicted octanol–water partition coefficient (Wildman–Crippen LogP) is 5.14. The molecule has 0 unspecified atom stereocenters. The van der Waals surface area contributed by atoms with Gasteiger partial charge in [0, 0.05) is 28.6 Å². The number of rotatable bonds is 6. The van der Waals surface area contributed by atoms with Crippen molar-refractivity contribution in [3.05, 3.63) is 105 Å². The van der Waals surface area contributed by atoms with Crippen molar-refractivity contribution in [1.82, 2.24) is 0 Å². The van der Waals surface area contributed by atoms with Gasteiger partial charge < -0.3 is 14.5 Å². The van der Waals surface area contributed by atoms with Crippen molar-refractivity contribution in [2.75, 3.05) is 5.32 Å². The molecule has 0 aliphatic carbocycles. The fraction of sp³-hybridized carbons (Fsp3) is 0.115. The highest BCUT2D eigenvalue weighted by atomic mass is 16.5. The summed E-state index contributed by atoms with van der Waals surface area (Å²) in [4.78, 5) is 35.9. The molecule has 0 radical (unpaired) electrons. The number of ether oxygens (including phenoxy) is 1. The summed E-state index contributed by atoms with van der Waals surface area (Å²) in [6, 6.07) is 20.7. The molecule has 4 rings (SSSR count). The van der Waals surface area contributed by atoms with Gasteiger partial charge in [0.15, 0.2) is 5.78 Å². The lowest BCUT2D eigenvalue weighted by atomic mass is 10.1. The van der Waals surface area contributed by atoms with Crippen LogP contribution in [0.5, 0.6) is 5.75 Å². The van der Waals surface area contributed by atoms with E-state index in [-0.39, 0.29) is 18.3 Å². The lowest BCUT2D eigenvalue weighted by Gasteiger charge is -2.10. The van der Waals surface area contributed by atoms with Crippen molar-refractivity contribution < 1.29 is 18.7 Å². The molecular weight excluding hydrogens is 406 g/mol. The third-order valence-corrected chi connectivity index (χ3v) is 5.10. The minimum absolute atomic E-state index is 0.114. The van der Waals surface area contributed by atoms with Crippen LogP contribution in [0.1, 0.15) is 38.8 Å². The number of para-hydroxylation sites is 1. The maximum atomic E-state index is 12.6. The van der Waals surface area contributed by atoms with E-state index < -0.39 is 5.63 Å². The highest BCUT2D eigenvalue weighted by Gasteiger charge is 2.11. The second kappa shape index (κ2) is 8.89. The summed E-state index contributed by atoms with van der Waals surface area (Å²) >= 11 is 0. The van der Waals surface area contributed by atoms with Crippen LogP contribution in [0.4, 0.5) is 5.69 Å². The van der Waals surface area contributed by atoms with E-state index in [1.165, 1.54) is 13.0 Å². The molecule has 0 aliphatic heterocycles. The van der Waals surface area contributed by atoms with E-state index in [9.17, 15) is 14.4 Å². The number of hydrogen-bond donors (Lipinski definition) is 1. The van der Waals surface area contributed by atoms with Crippen molar-refractivity contribution >= 4 is 28.3 Å². The first-order chi connectivity index (χ1) is 15.4. The summed E-state index contributed by atoms with van der Waals surface area (Å²) in [5.74, 6) is 0.163. The Labute approximate surface area is 184 Å². The van der Waals surface area contributed by atoms with Crippen LogP contribution in [-0.4, -0.2) is 11.7 Å². The molecule has 1 aromatic heterocycles. The van der Waals surface area contributed by atoms with Crippen LogP contribution in [-0.2, 0) is 6.61 Å². The molecule has 0 bridgehead atoms. The first kappa shape index (κ1) is 21.1. The minimum atomic E-state index is -0.396. The van der Waals surface area contributed by atoms with Crippen LogP contribution < -0.4 is 15.7 Å². The molecular formula is C26H21NO5. The highest BCUT2D eigenvalue weighted by molar-refractivity contribution is 6.09. The quantitative estimate of drug-likeness (QED) is 0.340. The Bertz CT molecular complexity index is 1370. The van der Waals surface area contributed by atoms with Gasteiger partial charge in [-0.05, 0) is 61.4 Å². The SMILES string of the molecule is CC(=O)c1ccccc1NC(=O)c1ccc(COc2ccc3c(C)cc(=O)oc3c2)cc1. The number of fused-ring (bicyclic) bond motifs is 1. The zero-order valence-electron chi connectivity index (χ0n) is 17.7. The summed E-state index contributed by atoms with van der Waals surface area (Å²) in [7, 11) is 0. The van der Waals surface area contributed by atoms with Crippen molar-refractivity contribution in [1.29, 1.82) is 0 Å². The summed E-state index contributed by atoms with van der Waals surface area (Å²) < 4.78 is 11.1. The standard InChI is InChI=1S/C26H21NO5/c1-16-13-25(29)32-24-14-20(11-12-21(16)24)31-15-18-7-9-19(10-8-18)26(30)27-23-6-4-3-5-22(23)17(2)28/h3-14H,15H2,1-2H3,(H,27,30). The molecule has 4 aromatic rings. The maximum absolute atomic E-state index is 12.6. The number of carbonyl (C=O) groups is 2. The van der Waals surface area contributed by atoms with Gasteiger partial charge in [0.25, 0.3) is 5.91 Å². The Balaban J connectivity index is 1.43. The lowest BCUT2D eigenvalue weighted by Crippen LogP contribution is -2.14. The van der Waals surface area contributed by atoms with Gasteiger partial charge in [0.1, 0.15) is 17.9 Å². The second-order valence-electron chi connectivity index (χ2n) is 7.45. The topological polar surface area (TPSA) is 85.6 Å². The molecule has 0 saturated carbocycles. The number of hydrogen-bond acceptors (Lipinski definition) is 5. The number of anilines is 1. The van der Waals surface area contributed by atoms with Crippen molar-refractivity contribution in [2.45, 2.75) is 20.5 Å². The second-order valence-corrected chi connectivity index (χ2v) is 7.45. The minimum Gasteiger partial charge on any atom is -0.489 e. The summed E-state index contributed by atoms with van der Waals surface area (Å²) in [5.41, 5.74) is 3.22. The Kier molecular flexibility index (Phi) is 5.85. The number of benzene rings is 3. The Morgan fingerprint density at radius 3 is 2.47 bits per heavy atom. The number of nitrogens with one attached hydrogen (secondary N) is 1. The normalized spacial score (nSPS) is 10.7. The van der Waals surface area contributed by atoms with Gasteiger partial charge in [-0.1, -0.05) is 24.3 Å². The average molecular weight is 427 g/mol. The van der Waals surface area contributed by atoms with Crippen LogP contribution in [0.25, 0.3) is 11.0 Å². The highest BCUT2D eigenvalue weighted by Crippen LogP contribution is 2.23. The molecule has 0 aliphatic rings. The van der Waals surface area contributed by atoms with Gasteiger partial charge in [0.05, 0.1) is 5.69 Å². The van der Waals surface area contributed by atoms with Crippen LogP contribution in [0.2, 0.25) is 0 Å². The first-order valence-electron chi connectivity index (χ1n) is 10.1. The van der Waals surface area contributed by atoms with E-state index in [1.807, 2.05) is 19.1 Å².